The predicted octanol–water partition coefficient (Wildman–Crippen LogP) is 4.81. The van der Waals surface area contributed by atoms with Gasteiger partial charge in [-0.25, -0.2) is 4.79 Å². The minimum atomic E-state index is -0.346. The average Bonchev–Trinajstić information content (AvgIpc) is 2.82. The fourth-order valence-electron chi connectivity index (χ4n) is 5.37. The zero-order valence-corrected chi connectivity index (χ0v) is 19.6. The number of carbonyl (C=O) groups excluding carboxylic acids is 1. The lowest BCUT2D eigenvalue weighted by atomic mass is 9.78. The Hall–Kier alpha value is -3.04. The highest BCUT2D eigenvalue weighted by Gasteiger charge is 2.41. The Bertz CT molecular complexity index is 1110. The summed E-state index contributed by atoms with van der Waals surface area (Å²) in [5.74, 6) is 1.24. The highest BCUT2D eigenvalue weighted by Crippen LogP contribution is 2.44. The topological polar surface area (TPSA) is 74.6 Å². The molecule has 4 aliphatic heterocycles. The molecule has 0 spiro atoms. The molecular weight excluding hydrogens is 414 g/mol. The SMILES string of the molecule is Cc1ccc(-c2ccc3c(c2)OCC(C)(C)C3NC(=O)O[C@H]2CN3CCC2CC3)cc1C#N. The normalized spacial score (nSPS) is 27.1. The van der Waals surface area contributed by atoms with E-state index in [4.69, 9.17) is 9.47 Å². The second-order valence-corrected chi connectivity index (χ2v) is 10.3. The van der Waals surface area contributed by atoms with E-state index in [-0.39, 0.29) is 23.7 Å². The van der Waals surface area contributed by atoms with Crippen LogP contribution < -0.4 is 10.1 Å². The molecule has 1 N–H and O–H groups in total. The summed E-state index contributed by atoms with van der Waals surface area (Å²) in [5, 5.41) is 12.5. The number of fused-ring (bicyclic) bond motifs is 4. The van der Waals surface area contributed by atoms with Crippen molar-refractivity contribution in [2.75, 3.05) is 26.2 Å². The Morgan fingerprint density at radius 2 is 1.91 bits per heavy atom. The van der Waals surface area contributed by atoms with E-state index in [1.807, 2.05) is 43.3 Å². The number of nitrogens with zero attached hydrogens (tertiary/aromatic N) is 2. The van der Waals surface area contributed by atoms with Crippen LogP contribution in [0.25, 0.3) is 11.1 Å². The number of piperidine rings is 3. The molecule has 6 heteroatoms. The van der Waals surface area contributed by atoms with Crippen LogP contribution in [0.4, 0.5) is 4.79 Å². The molecule has 0 saturated carbocycles. The van der Waals surface area contributed by atoms with Crippen molar-refractivity contribution in [3.63, 3.8) is 0 Å². The van der Waals surface area contributed by atoms with Gasteiger partial charge in [-0.3, -0.25) is 4.90 Å². The van der Waals surface area contributed by atoms with E-state index in [0.29, 0.717) is 18.1 Å². The van der Waals surface area contributed by atoms with E-state index in [0.717, 1.165) is 60.5 Å². The molecule has 0 aliphatic carbocycles. The third-order valence-electron chi connectivity index (χ3n) is 7.51. The maximum Gasteiger partial charge on any atom is 0.407 e. The molecule has 2 atom stereocenters. The fourth-order valence-corrected chi connectivity index (χ4v) is 5.37. The van der Waals surface area contributed by atoms with Gasteiger partial charge in [-0.1, -0.05) is 38.1 Å². The maximum absolute atomic E-state index is 12.9. The summed E-state index contributed by atoms with van der Waals surface area (Å²) >= 11 is 0. The number of nitriles is 1. The zero-order valence-electron chi connectivity index (χ0n) is 19.6. The van der Waals surface area contributed by atoms with Gasteiger partial charge >= 0.3 is 6.09 Å². The van der Waals surface area contributed by atoms with E-state index < -0.39 is 0 Å². The molecule has 33 heavy (non-hydrogen) atoms. The molecule has 6 nitrogen and oxygen atoms in total. The first-order valence-corrected chi connectivity index (χ1v) is 11.8. The monoisotopic (exact) mass is 445 g/mol. The second-order valence-electron chi connectivity index (χ2n) is 10.3. The van der Waals surface area contributed by atoms with Gasteiger partial charge in [0.2, 0.25) is 0 Å². The van der Waals surface area contributed by atoms with Gasteiger partial charge in [0.25, 0.3) is 0 Å². The molecule has 6 rings (SSSR count). The summed E-state index contributed by atoms with van der Waals surface area (Å²) in [6, 6.07) is 14.0. The minimum absolute atomic E-state index is 0.0202. The highest BCUT2D eigenvalue weighted by molar-refractivity contribution is 5.71. The van der Waals surface area contributed by atoms with Crippen molar-refractivity contribution in [1.29, 1.82) is 5.26 Å². The van der Waals surface area contributed by atoms with Gasteiger partial charge in [-0.2, -0.15) is 5.26 Å². The van der Waals surface area contributed by atoms with Crippen LogP contribution in [-0.4, -0.2) is 43.3 Å². The van der Waals surface area contributed by atoms with Gasteiger partial charge in [0.15, 0.2) is 0 Å². The third kappa shape index (κ3) is 4.18. The first-order valence-electron chi connectivity index (χ1n) is 11.8. The van der Waals surface area contributed by atoms with Crippen LogP contribution in [0.1, 0.15) is 49.4 Å². The quantitative estimate of drug-likeness (QED) is 0.734. The molecule has 2 aromatic carbocycles. The van der Waals surface area contributed by atoms with E-state index in [9.17, 15) is 10.1 Å². The van der Waals surface area contributed by atoms with E-state index in [1.165, 1.54) is 0 Å². The number of hydrogen-bond donors (Lipinski definition) is 1. The molecule has 0 radical (unpaired) electrons. The number of carbonyl (C=O) groups is 1. The Balaban J connectivity index is 1.37. The molecule has 1 unspecified atom stereocenters. The Morgan fingerprint density at radius 1 is 1.18 bits per heavy atom. The third-order valence-corrected chi connectivity index (χ3v) is 7.51. The first-order chi connectivity index (χ1) is 15.8. The second kappa shape index (κ2) is 8.39. The maximum atomic E-state index is 12.9. The van der Waals surface area contributed by atoms with Crippen molar-refractivity contribution in [2.45, 2.75) is 45.8 Å². The summed E-state index contributed by atoms with van der Waals surface area (Å²) < 4.78 is 12.0. The summed E-state index contributed by atoms with van der Waals surface area (Å²) in [7, 11) is 0. The summed E-state index contributed by atoms with van der Waals surface area (Å²) in [4.78, 5) is 15.3. The van der Waals surface area contributed by atoms with E-state index >= 15 is 0 Å². The lowest BCUT2D eigenvalue weighted by Gasteiger charge is -2.44. The van der Waals surface area contributed by atoms with Crippen molar-refractivity contribution < 1.29 is 14.3 Å². The number of ether oxygens (including phenoxy) is 2. The van der Waals surface area contributed by atoms with Gasteiger partial charge in [-0.05, 0) is 67.6 Å². The molecule has 2 aromatic rings. The predicted molar refractivity (Wildman–Crippen MR) is 126 cm³/mol. The van der Waals surface area contributed by atoms with Gasteiger partial charge < -0.3 is 14.8 Å². The molecule has 0 aromatic heterocycles. The lowest BCUT2D eigenvalue weighted by molar-refractivity contribution is -0.0361. The smallest absolute Gasteiger partial charge is 0.407 e. The van der Waals surface area contributed by atoms with Gasteiger partial charge in [0, 0.05) is 17.5 Å². The van der Waals surface area contributed by atoms with Gasteiger partial charge in [0.05, 0.1) is 24.3 Å². The number of amides is 1. The van der Waals surface area contributed by atoms with Crippen molar-refractivity contribution in [3.05, 3.63) is 53.1 Å². The molecule has 3 saturated heterocycles. The Labute approximate surface area is 195 Å². The standard InChI is InChI=1S/C27H31N3O3/c1-17-4-5-19(12-21(17)14-28)20-6-7-22-23(13-20)32-16-27(2,3)25(22)29-26(31)33-24-15-30-10-8-18(24)9-11-30/h4-7,12-13,18,24-25H,8-11,15-16H2,1-3H3,(H,29,31)/t24-,25?/m0/s1. The molecule has 172 valence electrons. The number of alkyl carbamates (subject to hydrolysis) is 1. The van der Waals surface area contributed by atoms with Crippen LogP contribution in [0.5, 0.6) is 5.75 Å². The summed E-state index contributed by atoms with van der Waals surface area (Å²) in [6.07, 6.45) is 1.85. The number of hydrogen-bond acceptors (Lipinski definition) is 5. The number of nitrogens with one attached hydrogen (secondary N) is 1. The Morgan fingerprint density at radius 3 is 2.61 bits per heavy atom. The van der Waals surface area contributed by atoms with Crippen molar-refractivity contribution in [3.8, 4) is 22.9 Å². The van der Waals surface area contributed by atoms with Crippen molar-refractivity contribution in [2.24, 2.45) is 11.3 Å². The zero-order chi connectivity index (χ0) is 23.2. The van der Waals surface area contributed by atoms with Crippen LogP contribution in [0.2, 0.25) is 0 Å². The number of benzene rings is 2. The number of rotatable bonds is 3. The van der Waals surface area contributed by atoms with Crippen molar-refractivity contribution >= 4 is 6.09 Å². The highest BCUT2D eigenvalue weighted by atomic mass is 16.6. The summed E-state index contributed by atoms with van der Waals surface area (Å²) in [6.45, 7) is 9.70. The van der Waals surface area contributed by atoms with E-state index in [2.05, 4.69) is 30.1 Å². The summed E-state index contributed by atoms with van der Waals surface area (Å²) in [5.41, 5.74) is 4.26. The van der Waals surface area contributed by atoms with Gasteiger partial charge in [-0.15, -0.1) is 0 Å². The van der Waals surface area contributed by atoms with Crippen molar-refractivity contribution in [1.82, 2.24) is 10.2 Å². The average molecular weight is 446 g/mol. The number of aryl methyl sites for hydroxylation is 1. The van der Waals surface area contributed by atoms with Gasteiger partial charge in [0.1, 0.15) is 11.9 Å². The molecule has 3 fully saturated rings. The van der Waals surface area contributed by atoms with Crippen LogP contribution >= 0.6 is 0 Å². The fraction of sp³-hybridized carbons (Fsp3) is 0.481. The van der Waals surface area contributed by atoms with Crippen LogP contribution in [0, 0.1) is 29.6 Å². The van der Waals surface area contributed by atoms with Crippen LogP contribution in [0.3, 0.4) is 0 Å². The van der Waals surface area contributed by atoms with Crippen LogP contribution in [-0.2, 0) is 4.74 Å². The largest absolute Gasteiger partial charge is 0.493 e. The van der Waals surface area contributed by atoms with E-state index in [1.54, 1.807) is 0 Å². The molecular formula is C27H31N3O3. The molecule has 4 aliphatic rings. The molecule has 2 bridgehead atoms. The minimum Gasteiger partial charge on any atom is -0.493 e. The van der Waals surface area contributed by atoms with Crippen LogP contribution in [0.15, 0.2) is 36.4 Å². The molecule has 1 amide bonds. The molecule has 4 heterocycles. The lowest BCUT2D eigenvalue weighted by Crippen LogP contribution is -2.53. The first kappa shape index (κ1) is 21.8. The Kier molecular flexibility index (Phi) is 5.54.